The number of hydrogen-bond donors (Lipinski definition) is 1. The second-order valence-electron chi connectivity index (χ2n) is 6.05. The molecular weight excluding hydrogens is 470 g/mol. The normalized spacial score (nSPS) is 12.1. The highest BCUT2D eigenvalue weighted by Crippen LogP contribution is 2.26. The van der Waals surface area contributed by atoms with Crippen LogP contribution in [-0.4, -0.2) is 15.9 Å². The highest BCUT2D eigenvalue weighted by atomic mass is 79.9. The zero-order valence-corrected chi connectivity index (χ0v) is 18.4. The number of Topliss-reactive ketones (excluding diaryl/α,β-unsaturated/α-hetero) is 1. The van der Waals surface area contributed by atoms with Crippen LogP contribution in [0.25, 0.3) is 0 Å². The number of aliphatic imine (C=N–C) groups is 1. The Kier molecular flexibility index (Phi) is 7.69. The summed E-state index contributed by atoms with van der Waals surface area (Å²) in [5.74, 6) is 0.284. The number of hydrogen-bond acceptors (Lipinski definition) is 4. The number of halogens is 2. The molecule has 0 aromatic heterocycles. The molecule has 0 aliphatic carbocycles. The number of carbonyl (C=O) groups is 1. The number of ketones is 1. The maximum absolute atomic E-state index is 13.0. The fourth-order valence-electron chi connectivity index (χ4n) is 2.49. The predicted molar refractivity (Wildman–Crippen MR) is 125 cm³/mol. The molecule has 3 aromatic carbocycles. The first kappa shape index (κ1) is 21.4. The van der Waals surface area contributed by atoms with Crippen LogP contribution >= 0.6 is 39.3 Å². The molecule has 0 unspecified atom stereocenters. The molecule has 0 fully saturated rings. The summed E-state index contributed by atoms with van der Waals surface area (Å²) in [6.07, 6.45) is 0.827. The number of para-hydroxylation sites is 1. The van der Waals surface area contributed by atoms with Crippen molar-refractivity contribution in [2.75, 3.05) is 0 Å². The quantitative estimate of drug-likeness (QED) is 0.130. The highest BCUT2D eigenvalue weighted by molar-refractivity contribution is 9.10. The third kappa shape index (κ3) is 6.07. The molecule has 0 spiro atoms. The number of benzene rings is 3. The molecule has 3 rings (SSSR count). The molecule has 6 heteroatoms. The Balaban J connectivity index is 1.91. The first-order valence-corrected chi connectivity index (χ1v) is 10.9. The van der Waals surface area contributed by atoms with Crippen LogP contribution in [0.15, 0.2) is 100 Å². The molecule has 146 valence electrons. The maximum atomic E-state index is 13.0. The van der Waals surface area contributed by atoms with Gasteiger partial charge in [-0.2, -0.15) is 0 Å². The van der Waals surface area contributed by atoms with Gasteiger partial charge in [0.1, 0.15) is 5.04 Å². The van der Waals surface area contributed by atoms with Gasteiger partial charge in [0.2, 0.25) is 0 Å². The van der Waals surface area contributed by atoms with Crippen LogP contribution in [0.2, 0.25) is 5.02 Å². The van der Waals surface area contributed by atoms with Crippen molar-refractivity contribution in [2.24, 2.45) is 4.99 Å². The largest absolute Gasteiger partial charge is 0.515 e. The number of rotatable bonds is 6. The van der Waals surface area contributed by atoms with Gasteiger partial charge in [-0.1, -0.05) is 57.9 Å². The summed E-state index contributed by atoms with van der Waals surface area (Å²) in [7, 11) is 0. The molecule has 1 N–H and O–H groups in total. The van der Waals surface area contributed by atoms with Gasteiger partial charge < -0.3 is 5.11 Å². The van der Waals surface area contributed by atoms with E-state index in [1.165, 1.54) is 11.8 Å². The fourth-order valence-corrected chi connectivity index (χ4v) is 3.85. The van der Waals surface area contributed by atoms with Crippen molar-refractivity contribution in [3.63, 3.8) is 0 Å². The predicted octanol–water partition coefficient (Wildman–Crippen LogP) is 7.39. The number of carbonyl (C=O) groups excluding carboxylic acids is 1. The van der Waals surface area contributed by atoms with Gasteiger partial charge in [0, 0.05) is 20.8 Å². The molecule has 3 aromatic rings. The van der Waals surface area contributed by atoms with E-state index in [2.05, 4.69) is 20.9 Å². The van der Waals surface area contributed by atoms with Crippen molar-refractivity contribution >= 4 is 55.8 Å². The van der Waals surface area contributed by atoms with Crippen molar-refractivity contribution in [2.45, 2.75) is 5.75 Å². The smallest absolute Gasteiger partial charge is 0.198 e. The van der Waals surface area contributed by atoms with Crippen molar-refractivity contribution in [1.82, 2.24) is 0 Å². The summed E-state index contributed by atoms with van der Waals surface area (Å²) in [5, 5.41) is 10.9. The zero-order valence-electron chi connectivity index (χ0n) is 15.3. The Morgan fingerprint density at radius 1 is 1.00 bits per heavy atom. The number of nitrogens with zero attached hydrogens (tertiary/aromatic N) is 1. The molecule has 3 nitrogen and oxygen atoms in total. The average molecular weight is 487 g/mol. The van der Waals surface area contributed by atoms with Crippen molar-refractivity contribution in [3.05, 3.63) is 111 Å². The topological polar surface area (TPSA) is 49.7 Å². The molecule has 0 heterocycles. The highest BCUT2D eigenvalue weighted by Gasteiger charge is 2.19. The van der Waals surface area contributed by atoms with E-state index < -0.39 is 0 Å². The number of thioether (sulfide) groups is 1. The van der Waals surface area contributed by atoms with Gasteiger partial charge in [0.05, 0.1) is 17.5 Å². The SMILES string of the molecule is O=C(/C(=C/O)C(=Nc1ccccc1)SCc1ccc(Br)cc1)c1ccc(Cl)cc1. The minimum Gasteiger partial charge on any atom is -0.515 e. The summed E-state index contributed by atoms with van der Waals surface area (Å²) in [5.41, 5.74) is 2.35. The molecule has 0 saturated carbocycles. The fraction of sp³-hybridized carbons (Fsp3) is 0.0435. The molecule has 0 amide bonds. The maximum Gasteiger partial charge on any atom is 0.198 e. The Labute approximate surface area is 187 Å². The molecule has 0 aliphatic rings. The van der Waals surface area contributed by atoms with Crippen LogP contribution in [-0.2, 0) is 5.75 Å². The van der Waals surface area contributed by atoms with E-state index in [0.29, 0.717) is 27.1 Å². The van der Waals surface area contributed by atoms with E-state index in [0.717, 1.165) is 16.3 Å². The summed E-state index contributed by atoms with van der Waals surface area (Å²) >= 11 is 10.7. The average Bonchev–Trinajstić information content (AvgIpc) is 2.74. The second kappa shape index (κ2) is 10.4. The molecule has 0 saturated heterocycles. The van der Waals surface area contributed by atoms with E-state index in [1.54, 1.807) is 24.3 Å². The second-order valence-corrected chi connectivity index (χ2v) is 8.36. The van der Waals surface area contributed by atoms with Crippen molar-refractivity contribution in [3.8, 4) is 0 Å². The first-order valence-electron chi connectivity index (χ1n) is 8.73. The Morgan fingerprint density at radius 2 is 1.66 bits per heavy atom. The minimum absolute atomic E-state index is 0.137. The van der Waals surface area contributed by atoms with Gasteiger partial charge >= 0.3 is 0 Å². The van der Waals surface area contributed by atoms with Crippen LogP contribution in [0.4, 0.5) is 5.69 Å². The van der Waals surface area contributed by atoms with E-state index in [1.807, 2.05) is 54.6 Å². The van der Waals surface area contributed by atoms with Crippen LogP contribution in [0, 0.1) is 0 Å². The van der Waals surface area contributed by atoms with Crippen LogP contribution in [0.5, 0.6) is 0 Å². The lowest BCUT2D eigenvalue weighted by Gasteiger charge is -2.10. The molecule has 0 aliphatic heterocycles. The Morgan fingerprint density at radius 3 is 2.28 bits per heavy atom. The molecule has 0 atom stereocenters. The lowest BCUT2D eigenvalue weighted by Crippen LogP contribution is -2.11. The third-order valence-corrected chi connectivity index (χ3v) is 5.83. The van der Waals surface area contributed by atoms with Gasteiger partial charge in [-0.05, 0) is 54.1 Å². The van der Waals surface area contributed by atoms with E-state index in [-0.39, 0.29) is 11.4 Å². The number of aliphatic hydroxyl groups excluding tert-OH is 1. The van der Waals surface area contributed by atoms with Gasteiger partial charge in [0.25, 0.3) is 0 Å². The number of aliphatic hydroxyl groups is 1. The molecule has 29 heavy (non-hydrogen) atoms. The van der Waals surface area contributed by atoms with Crippen LogP contribution in [0.3, 0.4) is 0 Å². The van der Waals surface area contributed by atoms with Gasteiger partial charge in [-0.15, -0.1) is 11.8 Å². The van der Waals surface area contributed by atoms with E-state index >= 15 is 0 Å². The van der Waals surface area contributed by atoms with Crippen molar-refractivity contribution in [1.29, 1.82) is 0 Å². The zero-order chi connectivity index (χ0) is 20.6. The minimum atomic E-state index is -0.317. The molecular formula is C23H17BrClNO2S. The third-order valence-electron chi connectivity index (χ3n) is 3.99. The summed E-state index contributed by atoms with van der Waals surface area (Å²) in [4.78, 5) is 17.6. The lowest BCUT2D eigenvalue weighted by molar-refractivity contribution is 0.103. The summed E-state index contributed by atoms with van der Waals surface area (Å²) in [6, 6.07) is 23.8. The lowest BCUT2D eigenvalue weighted by atomic mass is 10.1. The Bertz CT molecular complexity index is 1030. The van der Waals surface area contributed by atoms with Crippen LogP contribution in [0.1, 0.15) is 15.9 Å². The Hall–Kier alpha value is -2.34. The van der Waals surface area contributed by atoms with Gasteiger partial charge in [-0.25, -0.2) is 4.99 Å². The first-order chi connectivity index (χ1) is 14.1. The molecule has 0 bridgehead atoms. The van der Waals surface area contributed by atoms with Crippen LogP contribution < -0.4 is 0 Å². The summed E-state index contributed by atoms with van der Waals surface area (Å²) in [6.45, 7) is 0. The van der Waals surface area contributed by atoms with Gasteiger partial charge in [-0.3, -0.25) is 4.79 Å². The van der Waals surface area contributed by atoms with E-state index in [9.17, 15) is 9.90 Å². The van der Waals surface area contributed by atoms with E-state index in [4.69, 9.17) is 11.6 Å². The van der Waals surface area contributed by atoms with Gasteiger partial charge in [0.15, 0.2) is 5.78 Å². The van der Waals surface area contributed by atoms with Crippen molar-refractivity contribution < 1.29 is 9.90 Å². The monoisotopic (exact) mass is 485 g/mol. The summed E-state index contributed by atoms with van der Waals surface area (Å²) < 4.78 is 0.998. The standard InChI is InChI=1S/C23H17BrClNO2S/c24-18-10-6-16(7-11-18)15-29-23(26-20-4-2-1-3-5-20)21(14-27)22(28)17-8-12-19(25)13-9-17/h1-14,27H,15H2/b21-14-,26-23?. The molecule has 0 radical (unpaired) electrons.